The van der Waals surface area contributed by atoms with Gasteiger partial charge in [0.15, 0.2) is 0 Å². The number of hydrogen-bond donors (Lipinski definition) is 1. The van der Waals surface area contributed by atoms with Crippen molar-refractivity contribution in [1.82, 2.24) is 14.8 Å². The summed E-state index contributed by atoms with van der Waals surface area (Å²) < 4.78 is 2.59. The van der Waals surface area contributed by atoms with E-state index in [0.717, 1.165) is 4.70 Å². The monoisotopic (exact) mass is 291 g/mol. The Labute approximate surface area is 118 Å². The van der Waals surface area contributed by atoms with Crippen LogP contribution < -0.4 is 10.9 Å². The van der Waals surface area contributed by atoms with E-state index in [-0.39, 0.29) is 24.0 Å². The molecule has 0 aromatic carbocycles. The molecule has 0 spiro atoms. The Morgan fingerprint density at radius 1 is 1.20 bits per heavy atom. The molecule has 20 heavy (non-hydrogen) atoms. The number of nitrogens with one attached hydrogen (secondary N) is 1. The second-order valence-corrected chi connectivity index (χ2v) is 5.52. The number of rotatable bonds is 4. The number of thiophene rings is 1. The van der Waals surface area contributed by atoms with Crippen molar-refractivity contribution >= 4 is 33.4 Å². The molecule has 3 heterocycles. The average molecular weight is 291 g/mol. The van der Waals surface area contributed by atoms with Gasteiger partial charge in [-0.1, -0.05) is 0 Å². The van der Waals surface area contributed by atoms with Crippen LogP contribution in [0.25, 0.3) is 10.1 Å². The lowest BCUT2D eigenvalue weighted by atomic mass is 10.3. The van der Waals surface area contributed by atoms with Gasteiger partial charge in [-0.2, -0.15) is 0 Å². The molecule has 1 N–H and O–H groups in total. The molecule has 2 aromatic heterocycles. The van der Waals surface area contributed by atoms with Crippen molar-refractivity contribution in [3.63, 3.8) is 0 Å². The van der Waals surface area contributed by atoms with Gasteiger partial charge in [-0.15, -0.1) is 11.3 Å². The zero-order valence-electron chi connectivity index (χ0n) is 10.7. The van der Waals surface area contributed by atoms with E-state index in [2.05, 4.69) is 5.32 Å². The van der Waals surface area contributed by atoms with Gasteiger partial charge < -0.3 is 9.88 Å². The summed E-state index contributed by atoms with van der Waals surface area (Å²) in [5.41, 5.74) is -0.0269. The van der Waals surface area contributed by atoms with Crippen LogP contribution in [0.4, 0.5) is 4.79 Å². The molecule has 0 saturated carbocycles. The fraction of sp³-hybridized carbons (Fsp3) is 0.308. The number of urea groups is 1. The molecule has 2 aromatic rings. The lowest BCUT2D eigenvalue weighted by molar-refractivity contribution is -0.125. The van der Waals surface area contributed by atoms with Gasteiger partial charge in [0.2, 0.25) is 5.91 Å². The van der Waals surface area contributed by atoms with Crippen molar-refractivity contribution < 1.29 is 9.59 Å². The van der Waals surface area contributed by atoms with Crippen LogP contribution in [0.5, 0.6) is 0 Å². The van der Waals surface area contributed by atoms with E-state index >= 15 is 0 Å². The van der Waals surface area contributed by atoms with E-state index in [9.17, 15) is 14.4 Å². The van der Waals surface area contributed by atoms with Crippen LogP contribution in [-0.4, -0.2) is 34.5 Å². The lowest BCUT2D eigenvalue weighted by Crippen LogP contribution is -2.33. The molecule has 7 heteroatoms. The molecule has 0 radical (unpaired) electrons. The summed E-state index contributed by atoms with van der Waals surface area (Å²) in [6.07, 6.45) is 2.32. The van der Waals surface area contributed by atoms with Gasteiger partial charge in [0.1, 0.15) is 0 Å². The number of aromatic nitrogens is 1. The first kappa shape index (κ1) is 12.9. The maximum absolute atomic E-state index is 12.2. The maximum Gasteiger partial charge on any atom is 0.324 e. The Morgan fingerprint density at radius 2 is 2.05 bits per heavy atom. The third-order valence-electron chi connectivity index (χ3n) is 3.31. The van der Waals surface area contributed by atoms with Crippen molar-refractivity contribution in [1.29, 1.82) is 0 Å². The Balaban J connectivity index is 1.68. The highest BCUT2D eigenvalue weighted by Crippen LogP contribution is 2.16. The smallest absolute Gasteiger partial charge is 0.324 e. The molecule has 3 amide bonds. The number of carbonyl (C=O) groups excluding carboxylic acids is 2. The van der Waals surface area contributed by atoms with Gasteiger partial charge in [0, 0.05) is 24.0 Å². The molecular weight excluding hydrogens is 278 g/mol. The predicted molar refractivity (Wildman–Crippen MR) is 75.8 cm³/mol. The van der Waals surface area contributed by atoms with Crippen LogP contribution in [-0.2, 0) is 11.3 Å². The summed E-state index contributed by atoms with van der Waals surface area (Å²) in [5.74, 6) is -0.212. The number of imide groups is 1. The molecule has 1 saturated heterocycles. The third-order valence-corrected chi connectivity index (χ3v) is 4.19. The minimum Gasteiger partial charge on any atom is -0.329 e. The van der Waals surface area contributed by atoms with Gasteiger partial charge in [0.25, 0.3) is 5.56 Å². The summed E-state index contributed by atoms with van der Waals surface area (Å²) in [4.78, 5) is 36.1. The van der Waals surface area contributed by atoms with Crippen LogP contribution >= 0.6 is 11.3 Å². The van der Waals surface area contributed by atoms with Gasteiger partial charge >= 0.3 is 6.03 Å². The molecule has 0 unspecified atom stereocenters. The largest absolute Gasteiger partial charge is 0.329 e. The van der Waals surface area contributed by atoms with Crippen LogP contribution in [0.15, 0.2) is 28.5 Å². The molecule has 1 aliphatic rings. The van der Waals surface area contributed by atoms with Gasteiger partial charge in [0.05, 0.1) is 11.9 Å². The van der Waals surface area contributed by atoms with Crippen molar-refractivity contribution in [2.75, 3.05) is 13.1 Å². The van der Waals surface area contributed by atoms with Gasteiger partial charge in [-0.3, -0.25) is 14.5 Å². The summed E-state index contributed by atoms with van der Waals surface area (Å²) in [5, 5.41) is 5.08. The molecule has 1 fully saturated rings. The predicted octanol–water partition coefficient (Wildman–Crippen LogP) is 1.00. The molecule has 6 nitrogen and oxygen atoms in total. The minimum absolute atomic E-state index is 0.0269. The maximum atomic E-state index is 12.2. The normalized spacial score (nSPS) is 15.1. The summed E-state index contributed by atoms with van der Waals surface area (Å²) in [7, 11) is 0. The van der Waals surface area contributed by atoms with Crippen LogP contribution in [0.2, 0.25) is 0 Å². The second-order valence-electron chi connectivity index (χ2n) is 4.57. The van der Waals surface area contributed by atoms with E-state index in [0.29, 0.717) is 24.9 Å². The first-order chi connectivity index (χ1) is 9.66. The van der Waals surface area contributed by atoms with E-state index in [1.165, 1.54) is 16.2 Å². The van der Waals surface area contributed by atoms with E-state index in [1.807, 2.05) is 17.5 Å². The SMILES string of the molecule is O=C1CNC(=O)N1CCCn1ccc2sccc2c1=O. The van der Waals surface area contributed by atoms with Crippen LogP contribution in [0.1, 0.15) is 6.42 Å². The first-order valence-corrected chi connectivity index (χ1v) is 7.19. The number of hydrogen-bond acceptors (Lipinski definition) is 4. The molecular formula is C13H13N3O3S. The third kappa shape index (κ3) is 2.20. The molecule has 3 rings (SSSR count). The number of nitrogens with zero attached hydrogens (tertiary/aromatic N) is 2. The Kier molecular flexibility index (Phi) is 3.27. The van der Waals surface area contributed by atoms with E-state index in [4.69, 9.17) is 0 Å². The fourth-order valence-corrected chi connectivity index (χ4v) is 3.04. The highest BCUT2D eigenvalue weighted by atomic mass is 32.1. The quantitative estimate of drug-likeness (QED) is 0.854. The number of pyridine rings is 1. The van der Waals surface area contributed by atoms with Crippen molar-refractivity contribution in [3.05, 3.63) is 34.1 Å². The summed E-state index contributed by atoms with van der Waals surface area (Å²) in [6, 6.07) is 3.38. The average Bonchev–Trinajstić information content (AvgIpc) is 3.02. The topological polar surface area (TPSA) is 71.4 Å². The standard InChI is InChI=1S/C13H13N3O3S/c17-11-8-14-13(19)16(11)5-1-4-15-6-2-10-9(12(15)18)3-7-20-10/h2-3,6-7H,1,4-5,8H2,(H,14,19). The highest BCUT2D eigenvalue weighted by molar-refractivity contribution is 7.17. The van der Waals surface area contributed by atoms with E-state index < -0.39 is 0 Å². The zero-order valence-corrected chi connectivity index (χ0v) is 11.5. The number of carbonyl (C=O) groups is 2. The molecule has 0 aliphatic carbocycles. The van der Waals surface area contributed by atoms with Gasteiger partial charge in [-0.05, 0) is 23.9 Å². The molecule has 0 atom stereocenters. The summed E-state index contributed by atoms with van der Waals surface area (Å²) >= 11 is 1.54. The van der Waals surface area contributed by atoms with Crippen LogP contribution in [0.3, 0.4) is 0 Å². The Morgan fingerprint density at radius 3 is 2.80 bits per heavy atom. The van der Waals surface area contributed by atoms with Gasteiger partial charge in [-0.25, -0.2) is 4.79 Å². The zero-order chi connectivity index (χ0) is 14.1. The first-order valence-electron chi connectivity index (χ1n) is 6.31. The number of amides is 3. The number of fused-ring (bicyclic) bond motifs is 1. The van der Waals surface area contributed by atoms with Crippen molar-refractivity contribution in [3.8, 4) is 0 Å². The van der Waals surface area contributed by atoms with Crippen molar-refractivity contribution in [2.24, 2.45) is 0 Å². The Hall–Kier alpha value is -2.15. The second kappa shape index (κ2) is 5.09. The highest BCUT2D eigenvalue weighted by Gasteiger charge is 2.27. The molecule has 1 aliphatic heterocycles. The summed E-state index contributed by atoms with van der Waals surface area (Å²) in [6.45, 7) is 0.889. The number of aryl methyl sites for hydroxylation is 1. The lowest BCUT2D eigenvalue weighted by Gasteiger charge is -2.12. The molecule has 0 bridgehead atoms. The fourth-order valence-electron chi connectivity index (χ4n) is 2.26. The minimum atomic E-state index is -0.351. The Bertz CT molecular complexity index is 718. The van der Waals surface area contributed by atoms with Crippen LogP contribution in [0, 0.1) is 0 Å². The van der Waals surface area contributed by atoms with E-state index in [1.54, 1.807) is 10.8 Å². The van der Waals surface area contributed by atoms with Crippen molar-refractivity contribution in [2.45, 2.75) is 13.0 Å². The molecule has 104 valence electrons.